The number of nitrogens with one attached hydrogen (secondary N) is 3. The van der Waals surface area contributed by atoms with Crippen LogP contribution in [0, 0.1) is 0 Å². The molecule has 0 aliphatic carbocycles. The first-order chi connectivity index (χ1) is 8.16. The smallest absolute Gasteiger partial charge is 0.242 e. The summed E-state index contributed by atoms with van der Waals surface area (Å²) in [6, 6.07) is 7.84. The standard InChI is InChI=1S/C11H11N3OS2/c15-10(13-14-11(16)17)5-7-6-12-9-4-2-1-3-8(7)9/h1-4,6,12H,5H2,(H,13,15)(H2,14,16,17). The summed E-state index contributed by atoms with van der Waals surface area (Å²) in [5.41, 5.74) is 6.93. The van der Waals surface area contributed by atoms with Gasteiger partial charge in [0, 0.05) is 17.1 Å². The van der Waals surface area contributed by atoms with Gasteiger partial charge < -0.3 is 4.98 Å². The van der Waals surface area contributed by atoms with Gasteiger partial charge in [0.25, 0.3) is 0 Å². The summed E-state index contributed by atoms with van der Waals surface area (Å²) in [7, 11) is 0. The molecule has 0 saturated carbocycles. The van der Waals surface area contributed by atoms with Gasteiger partial charge in [-0.1, -0.05) is 30.4 Å². The zero-order valence-corrected chi connectivity index (χ0v) is 10.6. The minimum atomic E-state index is -0.161. The SMILES string of the molecule is O=C(Cc1c[nH]c2ccccc12)NNC(=S)S. The van der Waals surface area contributed by atoms with Crippen LogP contribution in [0.2, 0.25) is 0 Å². The Bertz CT molecular complexity index is 565. The Balaban J connectivity index is 2.08. The second kappa shape index (κ2) is 5.20. The molecule has 0 spiro atoms. The predicted molar refractivity (Wildman–Crippen MR) is 74.9 cm³/mol. The van der Waals surface area contributed by atoms with E-state index in [1.165, 1.54) is 0 Å². The van der Waals surface area contributed by atoms with Gasteiger partial charge in [0.1, 0.15) is 4.32 Å². The van der Waals surface area contributed by atoms with Crippen molar-refractivity contribution in [2.75, 3.05) is 0 Å². The molecule has 0 aliphatic heterocycles. The Morgan fingerprint density at radius 3 is 2.88 bits per heavy atom. The Morgan fingerprint density at radius 2 is 2.12 bits per heavy atom. The summed E-state index contributed by atoms with van der Waals surface area (Å²) in [6.45, 7) is 0. The molecule has 0 saturated heterocycles. The highest BCUT2D eigenvalue weighted by atomic mass is 32.1. The molecule has 0 radical (unpaired) electrons. The van der Waals surface area contributed by atoms with Gasteiger partial charge in [-0.05, 0) is 11.6 Å². The van der Waals surface area contributed by atoms with E-state index in [1.807, 2.05) is 30.5 Å². The van der Waals surface area contributed by atoms with Crippen molar-refractivity contribution in [2.24, 2.45) is 0 Å². The minimum Gasteiger partial charge on any atom is -0.361 e. The van der Waals surface area contributed by atoms with Gasteiger partial charge >= 0.3 is 0 Å². The van der Waals surface area contributed by atoms with Crippen LogP contribution in [0.15, 0.2) is 30.5 Å². The molecule has 0 fully saturated rings. The molecule has 0 aliphatic rings. The molecule has 0 unspecified atom stereocenters. The molecule has 1 amide bonds. The molecule has 17 heavy (non-hydrogen) atoms. The average molecular weight is 265 g/mol. The number of carbonyl (C=O) groups is 1. The molecule has 1 heterocycles. The largest absolute Gasteiger partial charge is 0.361 e. The third-order valence-corrected chi connectivity index (χ3v) is 2.55. The summed E-state index contributed by atoms with van der Waals surface area (Å²) < 4.78 is 0.234. The van der Waals surface area contributed by atoms with Crippen molar-refractivity contribution >= 4 is 46.0 Å². The maximum Gasteiger partial charge on any atom is 0.242 e. The fraction of sp³-hybridized carbons (Fsp3) is 0.0909. The highest BCUT2D eigenvalue weighted by Crippen LogP contribution is 2.17. The number of amides is 1. The number of hydrogen-bond donors (Lipinski definition) is 4. The van der Waals surface area contributed by atoms with E-state index in [2.05, 4.69) is 40.7 Å². The van der Waals surface area contributed by atoms with Crippen LogP contribution in [-0.4, -0.2) is 15.2 Å². The van der Waals surface area contributed by atoms with Crippen molar-refractivity contribution in [3.63, 3.8) is 0 Å². The van der Waals surface area contributed by atoms with Gasteiger partial charge in [0.15, 0.2) is 0 Å². The summed E-state index contributed by atoms with van der Waals surface area (Å²) in [5.74, 6) is -0.161. The molecule has 2 aromatic rings. The van der Waals surface area contributed by atoms with Crippen LogP contribution in [0.1, 0.15) is 5.56 Å². The molecule has 0 atom stereocenters. The van der Waals surface area contributed by atoms with E-state index < -0.39 is 0 Å². The summed E-state index contributed by atoms with van der Waals surface area (Å²) in [6.07, 6.45) is 2.12. The van der Waals surface area contributed by atoms with Crippen LogP contribution >= 0.6 is 24.8 Å². The average Bonchev–Trinajstić information content (AvgIpc) is 2.70. The third kappa shape index (κ3) is 2.98. The number of para-hydroxylation sites is 1. The predicted octanol–water partition coefficient (Wildman–Crippen LogP) is 1.55. The first-order valence-corrected chi connectivity index (χ1v) is 5.85. The third-order valence-electron chi connectivity index (χ3n) is 2.33. The second-order valence-electron chi connectivity index (χ2n) is 3.51. The molecule has 88 valence electrons. The maximum absolute atomic E-state index is 11.6. The summed E-state index contributed by atoms with van der Waals surface area (Å²) in [5, 5.41) is 1.05. The Hall–Kier alpha value is -1.53. The van der Waals surface area contributed by atoms with Gasteiger partial charge in [-0.2, -0.15) is 0 Å². The first-order valence-electron chi connectivity index (χ1n) is 4.99. The lowest BCUT2D eigenvalue weighted by Gasteiger charge is -2.05. The number of aromatic nitrogens is 1. The number of hydrogen-bond acceptors (Lipinski definition) is 2. The van der Waals surface area contributed by atoms with Crippen LogP contribution in [0.4, 0.5) is 0 Å². The topological polar surface area (TPSA) is 56.9 Å². The van der Waals surface area contributed by atoms with Gasteiger partial charge in [-0.25, -0.2) is 0 Å². The Morgan fingerprint density at radius 1 is 1.35 bits per heavy atom. The van der Waals surface area contributed by atoms with Crippen LogP contribution in [0.25, 0.3) is 10.9 Å². The quantitative estimate of drug-likeness (QED) is 0.378. The molecule has 2 rings (SSSR count). The number of rotatable bonds is 2. The Labute approximate surface area is 109 Å². The molecule has 3 N–H and O–H groups in total. The van der Waals surface area contributed by atoms with Crippen molar-refractivity contribution < 1.29 is 4.79 Å². The van der Waals surface area contributed by atoms with Gasteiger partial charge in [0.05, 0.1) is 6.42 Å². The van der Waals surface area contributed by atoms with E-state index in [0.29, 0.717) is 0 Å². The number of thiol groups is 1. The molecule has 1 aromatic carbocycles. The number of aromatic amines is 1. The van der Waals surface area contributed by atoms with Crippen molar-refractivity contribution in [3.05, 3.63) is 36.0 Å². The number of thiocarbonyl (C=S) groups is 1. The number of fused-ring (bicyclic) bond motifs is 1. The molecule has 1 aromatic heterocycles. The highest BCUT2D eigenvalue weighted by Gasteiger charge is 2.07. The first kappa shape index (κ1) is 11.9. The normalized spacial score (nSPS) is 10.2. The zero-order chi connectivity index (χ0) is 12.3. The van der Waals surface area contributed by atoms with Gasteiger partial charge in [0.2, 0.25) is 5.91 Å². The molecule has 6 heteroatoms. The summed E-state index contributed by atoms with van der Waals surface area (Å²) in [4.78, 5) is 14.7. The highest BCUT2D eigenvalue weighted by molar-refractivity contribution is 8.11. The molecule has 4 nitrogen and oxygen atoms in total. The minimum absolute atomic E-state index is 0.161. The van der Waals surface area contributed by atoms with E-state index in [0.717, 1.165) is 16.5 Å². The monoisotopic (exact) mass is 265 g/mol. The van der Waals surface area contributed by atoms with E-state index in [9.17, 15) is 4.79 Å². The van der Waals surface area contributed by atoms with Crippen molar-refractivity contribution in [1.82, 2.24) is 15.8 Å². The van der Waals surface area contributed by atoms with Gasteiger partial charge in [-0.15, -0.1) is 12.6 Å². The van der Waals surface area contributed by atoms with Crippen LogP contribution < -0.4 is 10.9 Å². The number of hydrazine groups is 1. The molecule has 0 bridgehead atoms. The van der Waals surface area contributed by atoms with E-state index in [-0.39, 0.29) is 16.6 Å². The lowest BCUT2D eigenvalue weighted by Crippen LogP contribution is -2.39. The number of H-pyrrole nitrogens is 1. The number of benzene rings is 1. The van der Waals surface area contributed by atoms with E-state index >= 15 is 0 Å². The lowest BCUT2D eigenvalue weighted by molar-refractivity contribution is -0.120. The fourth-order valence-electron chi connectivity index (χ4n) is 1.62. The van der Waals surface area contributed by atoms with Crippen molar-refractivity contribution in [2.45, 2.75) is 6.42 Å². The van der Waals surface area contributed by atoms with Crippen molar-refractivity contribution in [3.8, 4) is 0 Å². The van der Waals surface area contributed by atoms with Crippen LogP contribution in [0.5, 0.6) is 0 Å². The fourth-order valence-corrected chi connectivity index (χ4v) is 1.73. The van der Waals surface area contributed by atoms with Crippen LogP contribution in [-0.2, 0) is 11.2 Å². The maximum atomic E-state index is 11.6. The zero-order valence-electron chi connectivity index (χ0n) is 8.86. The lowest BCUT2D eigenvalue weighted by atomic mass is 10.1. The Kier molecular flexibility index (Phi) is 3.65. The molecular weight excluding hydrogens is 254 g/mol. The van der Waals surface area contributed by atoms with E-state index in [4.69, 9.17) is 0 Å². The molecular formula is C11H11N3OS2. The van der Waals surface area contributed by atoms with Gasteiger partial charge in [-0.3, -0.25) is 15.6 Å². The van der Waals surface area contributed by atoms with Crippen LogP contribution in [0.3, 0.4) is 0 Å². The number of carbonyl (C=O) groups excluding carboxylic acids is 1. The second-order valence-corrected chi connectivity index (χ2v) is 4.67. The van der Waals surface area contributed by atoms with Crippen molar-refractivity contribution in [1.29, 1.82) is 0 Å². The van der Waals surface area contributed by atoms with E-state index in [1.54, 1.807) is 0 Å². The summed E-state index contributed by atoms with van der Waals surface area (Å²) >= 11 is 8.52.